The number of carbonyl (C=O) groups excluding carboxylic acids is 3. The molecule has 2 unspecified atom stereocenters. The molecule has 2 heterocycles. The monoisotopic (exact) mass is 613 g/mol. The number of methoxy groups -OCH3 is 1. The molecular formula is C30H39N5O7S. The number of aromatic nitrogens is 1. The van der Waals surface area contributed by atoms with Gasteiger partial charge in [0.2, 0.25) is 27.7 Å². The molecular weight excluding hydrogens is 574 g/mol. The van der Waals surface area contributed by atoms with E-state index in [0.717, 1.165) is 10.8 Å². The maximum Gasteiger partial charge on any atom is 0.259 e. The lowest BCUT2D eigenvalue weighted by molar-refractivity contribution is -0.142. The van der Waals surface area contributed by atoms with Crippen LogP contribution in [0.2, 0.25) is 0 Å². The number of rotatable bonds is 10. The number of sulfonamides is 1. The van der Waals surface area contributed by atoms with Crippen LogP contribution >= 0.6 is 0 Å². The van der Waals surface area contributed by atoms with Gasteiger partial charge in [-0.1, -0.05) is 26.8 Å². The first-order valence-electron chi connectivity index (χ1n) is 14.4. The molecule has 2 aliphatic carbocycles. The first-order valence-corrected chi connectivity index (χ1v) is 15.9. The molecule has 0 radical (unpaired) electrons. The van der Waals surface area contributed by atoms with Gasteiger partial charge >= 0.3 is 0 Å². The number of benzene rings is 1. The number of fused-ring (bicyclic) bond motifs is 1. The van der Waals surface area contributed by atoms with E-state index in [0.29, 0.717) is 24.5 Å². The van der Waals surface area contributed by atoms with E-state index in [1.807, 2.05) is 39.0 Å². The Morgan fingerprint density at radius 2 is 1.95 bits per heavy atom. The Bertz CT molecular complexity index is 1570. The molecule has 2 aromatic rings. The highest BCUT2D eigenvalue weighted by Crippen LogP contribution is 2.45. The lowest BCUT2D eigenvalue weighted by Gasteiger charge is -2.33. The number of pyridine rings is 1. The summed E-state index contributed by atoms with van der Waals surface area (Å²) in [4.78, 5) is 46.5. The first-order chi connectivity index (χ1) is 20.2. The zero-order valence-electron chi connectivity index (χ0n) is 24.8. The second-order valence-corrected chi connectivity index (χ2v) is 14.7. The van der Waals surface area contributed by atoms with Crippen LogP contribution in [-0.4, -0.2) is 78.7 Å². The molecule has 12 nitrogen and oxygen atoms in total. The molecule has 0 bridgehead atoms. The van der Waals surface area contributed by atoms with Crippen molar-refractivity contribution in [3.8, 4) is 11.6 Å². The van der Waals surface area contributed by atoms with Crippen molar-refractivity contribution in [2.45, 2.75) is 75.4 Å². The van der Waals surface area contributed by atoms with E-state index >= 15 is 0 Å². The normalized spacial score (nSPS) is 26.0. The van der Waals surface area contributed by atoms with Crippen molar-refractivity contribution in [2.24, 2.45) is 17.1 Å². The molecule has 43 heavy (non-hydrogen) atoms. The summed E-state index contributed by atoms with van der Waals surface area (Å²) in [5.41, 5.74) is 4.28. The van der Waals surface area contributed by atoms with Crippen LogP contribution in [0.25, 0.3) is 10.8 Å². The van der Waals surface area contributed by atoms with Gasteiger partial charge in [-0.25, -0.2) is 13.4 Å². The number of likely N-dealkylation sites (tertiary alicyclic amines) is 1. The number of hydrogen-bond acceptors (Lipinski definition) is 9. The summed E-state index contributed by atoms with van der Waals surface area (Å²) < 4.78 is 38.8. The highest BCUT2D eigenvalue weighted by molar-refractivity contribution is 7.91. The third-order valence-corrected chi connectivity index (χ3v) is 10.3. The Labute approximate surface area is 251 Å². The van der Waals surface area contributed by atoms with Gasteiger partial charge in [0.25, 0.3) is 5.91 Å². The molecule has 5 rings (SSSR count). The fraction of sp³-hybridized carbons (Fsp3) is 0.533. The van der Waals surface area contributed by atoms with E-state index in [2.05, 4.69) is 21.6 Å². The van der Waals surface area contributed by atoms with Gasteiger partial charge in [-0.15, -0.1) is 6.58 Å². The smallest absolute Gasteiger partial charge is 0.259 e. The van der Waals surface area contributed by atoms with Gasteiger partial charge < -0.3 is 25.4 Å². The summed E-state index contributed by atoms with van der Waals surface area (Å²) in [5, 5.41) is 3.75. The summed E-state index contributed by atoms with van der Waals surface area (Å²) in [6, 6.07) is 5.37. The molecule has 5 atom stereocenters. The second kappa shape index (κ2) is 11.1. The molecule has 3 fully saturated rings. The number of ether oxygens (including phenoxy) is 2. The maximum atomic E-state index is 13.9. The van der Waals surface area contributed by atoms with Crippen molar-refractivity contribution in [1.29, 1.82) is 0 Å². The Balaban J connectivity index is 1.39. The van der Waals surface area contributed by atoms with E-state index in [1.54, 1.807) is 19.4 Å². The average Bonchev–Trinajstić information content (AvgIpc) is 3.88. The average molecular weight is 614 g/mol. The largest absolute Gasteiger partial charge is 0.497 e. The molecule has 0 spiro atoms. The van der Waals surface area contributed by atoms with Crippen LogP contribution in [-0.2, 0) is 24.4 Å². The molecule has 13 heteroatoms. The minimum absolute atomic E-state index is 0.0645. The van der Waals surface area contributed by atoms with Crippen molar-refractivity contribution in [3.05, 3.63) is 43.1 Å². The SMILES string of the molecule is C=C[C@@H]1CC1(NC(=O)[C@@H]1CC(Oc2nccc3cc(OC)ccc23)CN1C(=O)[C@@H](N)C(C)(C)C)C(=O)NS(=O)(=O)C1CC1. The third kappa shape index (κ3) is 6.05. The van der Waals surface area contributed by atoms with Crippen molar-refractivity contribution in [2.75, 3.05) is 13.7 Å². The molecule has 2 saturated carbocycles. The van der Waals surface area contributed by atoms with Crippen molar-refractivity contribution in [3.63, 3.8) is 0 Å². The van der Waals surface area contributed by atoms with Gasteiger partial charge in [0, 0.05) is 23.9 Å². The predicted molar refractivity (Wildman–Crippen MR) is 160 cm³/mol. The van der Waals surface area contributed by atoms with Crippen LogP contribution in [0.4, 0.5) is 0 Å². The molecule has 3 aliphatic rings. The molecule has 1 saturated heterocycles. The number of nitrogens with two attached hydrogens (primary N) is 1. The number of nitrogens with one attached hydrogen (secondary N) is 2. The minimum Gasteiger partial charge on any atom is -0.497 e. The Morgan fingerprint density at radius 1 is 1.23 bits per heavy atom. The van der Waals surface area contributed by atoms with E-state index in [-0.39, 0.29) is 19.4 Å². The summed E-state index contributed by atoms with van der Waals surface area (Å²) in [5.74, 6) is -1.27. The van der Waals surface area contributed by atoms with Crippen LogP contribution in [0.5, 0.6) is 11.6 Å². The minimum atomic E-state index is -3.83. The van der Waals surface area contributed by atoms with Gasteiger partial charge in [0.05, 0.1) is 24.9 Å². The van der Waals surface area contributed by atoms with E-state index in [1.165, 1.54) is 11.0 Å². The quantitative estimate of drug-likeness (QED) is 0.337. The van der Waals surface area contributed by atoms with Gasteiger partial charge in [0.15, 0.2) is 0 Å². The fourth-order valence-corrected chi connectivity index (χ4v) is 6.81. The summed E-state index contributed by atoms with van der Waals surface area (Å²) in [7, 11) is -2.26. The number of nitrogens with zero attached hydrogens (tertiary/aromatic N) is 2. The lowest BCUT2D eigenvalue weighted by Crippen LogP contribution is -2.59. The molecule has 3 amide bonds. The van der Waals surface area contributed by atoms with Crippen LogP contribution in [0.3, 0.4) is 0 Å². The Kier molecular flexibility index (Phi) is 7.93. The Hall–Kier alpha value is -3.71. The molecule has 1 aromatic carbocycles. The number of amides is 3. The third-order valence-electron chi connectivity index (χ3n) is 8.51. The van der Waals surface area contributed by atoms with Crippen molar-refractivity contribution < 1.29 is 32.3 Å². The van der Waals surface area contributed by atoms with Crippen LogP contribution in [0.1, 0.15) is 46.5 Å². The highest BCUT2D eigenvalue weighted by Gasteiger charge is 2.62. The lowest BCUT2D eigenvalue weighted by atomic mass is 9.86. The van der Waals surface area contributed by atoms with Gasteiger partial charge in [-0.05, 0) is 54.3 Å². The standard InChI is InChI=1S/C30H39N5O7S/c1-6-18-15-30(18,28(38)34-43(39,40)21-8-9-21)33-25(36)23-14-20(16-35(23)27(37)24(31)29(2,3)4)42-26-22-10-7-19(41-5)13-17(22)11-12-32-26/h6-7,10-13,18,20-21,23-24H,1,8-9,14-16,31H2,2-5H3,(H,33,36)(H,34,38)/t18-,20?,23+,24-,30?/m1/s1. The van der Waals surface area contributed by atoms with Crippen LogP contribution < -0.4 is 25.2 Å². The number of hydrogen-bond donors (Lipinski definition) is 3. The number of carbonyl (C=O) groups is 3. The van der Waals surface area contributed by atoms with Crippen LogP contribution in [0.15, 0.2) is 43.1 Å². The maximum absolute atomic E-state index is 13.9. The zero-order valence-corrected chi connectivity index (χ0v) is 25.6. The van der Waals surface area contributed by atoms with E-state index in [4.69, 9.17) is 15.2 Å². The topological polar surface area (TPSA) is 170 Å². The predicted octanol–water partition coefficient (Wildman–Crippen LogP) is 1.63. The van der Waals surface area contributed by atoms with Crippen molar-refractivity contribution >= 4 is 38.5 Å². The van der Waals surface area contributed by atoms with Gasteiger partial charge in [-0.2, -0.15) is 0 Å². The summed E-state index contributed by atoms with van der Waals surface area (Å²) in [6.45, 7) is 9.31. The molecule has 1 aliphatic heterocycles. The summed E-state index contributed by atoms with van der Waals surface area (Å²) in [6.07, 6.45) is 3.79. The van der Waals surface area contributed by atoms with Crippen molar-refractivity contribution in [1.82, 2.24) is 19.9 Å². The molecule has 1 aromatic heterocycles. The fourth-order valence-electron chi connectivity index (χ4n) is 5.45. The van der Waals surface area contributed by atoms with E-state index in [9.17, 15) is 22.8 Å². The van der Waals surface area contributed by atoms with E-state index < -0.39 is 68.1 Å². The molecule has 232 valence electrons. The van der Waals surface area contributed by atoms with Crippen LogP contribution in [0, 0.1) is 11.3 Å². The highest BCUT2D eigenvalue weighted by atomic mass is 32.2. The Morgan fingerprint density at radius 3 is 2.56 bits per heavy atom. The first kappa shape index (κ1) is 30.7. The van der Waals surface area contributed by atoms with Gasteiger partial charge in [-0.3, -0.25) is 19.1 Å². The summed E-state index contributed by atoms with van der Waals surface area (Å²) >= 11 is 0. The van der Waals surface area contributed by atoms with Gasteiger partial charge in [0.1, 0.15) is 23.4 Å². The second-order valence-electron chi connectivity index (χ2n) is 12.7. The zero-order chi connectivity index (χ0) is 31.3. The molecule has 4 N–H and O–H groups in total.